The molecule has 4 rings (SSSR count). The van der Waals surface area contributed by atoms with Gasteiger partial charge in [-0.2, -0.15) is 0 Å². The van der Waals surface area contributed by atoms with Gasteiger partial charge in [0, 0.05) is 24.0 Å². The Bertz CT molecular complexity index is 1380. The van der Waals surface area contributed by atoms with Crippen LogP contribution in [0.15, 0.2) is 60.7 Å². The molecule has 1 heterocycles. The Labute approximate surface area is 252 Å². The number of amides is 3. The fraction of sp³-hybridized carbons (Fsp3) is 0.500. The number of anilines is 1. The van der Waals surface area contributed by atoms with E-state index >= 15 is 0 Å². The molecule has 0 aliphatic carbocycles. The largest absolute Gasteiger partial charge is 0.493 e. The van der Waals surface area contributed by atoms with Crippen LogP contribution in [0.1, 0.15) is 91.2 Å². The highest BCUT2D eigenvalue weighted by molar-refractivity contribution is 6.02. The Morgan fingerprint density at radius 1 is 0.929 bits per heavy atom. The first kappa shape index (κ1) is 31.4. The van der Waals surface area contributed by atoms with Crippen LogP contribution in [-0.4, -0.2) is 42.6 Å². The average Bonchev–Trinajstić information content (AvgIpc) is 3.49. The normalized spacial score (nSPS) is 15.6. The summed E-state index contributed by atoms with van der Waals surface area (Å²) < 4.78 is 6.30. The number of carbonyl (C=O) groups excluding carboxylic acids is 2. The lowest BCUT2D eigenvalue weighted by Crippen LogP contribution is -2.47. The zero-order chi connectivity index (χ0) is 30.3. The molecule has 3 amide bonds. The Morgan fingerprint density at radius 3 is 2.43 bits per heavy atom. The molecule has 1 saturated heterocycles. The summed E-state index contributed by atoms with van der Waals surface area (Å²) >= 11 is 0. The molecular weight excluding hydrogens is 522 g/mol. The second kappa shape index (κ2) is 13.6. The van der Waals surface area contributed by atoms with Crippen LogP contribution < -0.4 is 15.4 Å². The van der Waals surface area contributed by atoms with E-state index in [-0.39, 0.29) is 22.8 Å². The number of likely N-dealkylation sites (tertiary alicyclic amines) is 1. The molecular formula is C36H49N3O3. The number of benzene rings is 3. The number of rotatable bonds is 12. The lowest BCUT2D eigenvalue weighted by molar-refractivity contribution is -0.124. The maximum atomic E-state index is 13.2. The first-order valence-electron chi connectivity index (χ1n) is 15.7. The third kappa shape index (κ3) is 7.26. The van der Waals surface area contributed by atoms with Gasteiger partial charge in [-0.15, -0.1) is 0 Å². The molecule has 42 heavy (non-hydrogen) atoms. The van der Waals surface area contributed by atoms with Gasteiger partial charge in [0.05, 0.1) is 12.3 Å². The molecule has 0 aromatic heterocycles. The number of nitrogens with zero attached hydrogens (tertiary/aromatic N) is 1. The lowest BCUT2D eigenvalue weighted by atomic mass is 9.76. The van der Waals surface area contributed by atoms with Crippen LogP contribution in [0, 0.1) is 0 Å². The fourth-order valence-electron chi connectivity index (χ4n) is 5.54. The minimum absolute atomic E-state index is 0.0240. The number of urea groups is 1. The Hall–Kier alpha value is -3.54. The van der Waals surface area contributed by atoms with E-state index in [9.17, 15) is 9.59 Å². The van der Waals surface area contributed by atoms with Crippen molar-refractivity contribution in [3.63, 3.8) is 0 Å². The number of nitrogens with one attached hydrogen (secondary N) is 2. The molecule has 226 valence electrons. The second-order valence-corrected chi connectivity index (χ2v) is 12.8. The van der Waals surface area contributed by atoms with E-state index in [0.717, 1.165) is 54.3 Å². The van der Waals surface area contributed by atoms with E-state index < -0.39 is 6.04 Å². The van der Waals surface area contributed by atoms with Crippen molar-refractivity contribution in [3.05, 3.63) is 71.8 Å². The molecule has 1 aliphatic rings. The number of hydrogen-bond acceptors (Lipinski definition) is 3. The molecule has 3 aromatic rings. The number of hydrogen-bond donors (Lipinski definition) is 2. The molecule has 1 fully saturated rings. The first-order valence-corrected chi connectivity index (χ1v) is 15.7. The molecule has 1 unspecified atom stereocenters. The van der Waals surface area contributed by atoms with Gasteiger partial charge in [-0.05, 0) is 72.4 Å². The van der Waals surface area contributed by atoms with Crippen LogP contribution >= 0.6 is 0 Å². The van der Waals surface area contributed by atoms with Crippen LogP contribution in [0.3, 0.4) is 0 Å². The smallest absolute Gasteiger partial charge is 0.322 e. The van der Waals surface area contributed by atoms with E-state index in [2.05, 4.69) is 70.4 Å². The SMILES string of the molecule is CCC(C)(C)c1ccc(OCCCCNC(=O)C2CCCN2C(=O)Nc2cccc3ccccc23)c(C(C)(C)CC)c1. The van der Waals surface area contributed by atoms with Crippen molar-refractivity contribution in [2.75, 3.05) is 25.0 Å². The Morgan fingerprint density at radius 2 is 1.67 bits per heavy atom. The van der Waals surface area contributed by atoms with Gasteiger partial charge < -0.3 is 20.3 Å². The van der Waals surface area contributed by atoms with E-state index in [1.807, 2.05) is 42.5 Å². The van der Waals surface area contributed by atoms with Gasteiger partial charge >= 0.3 is 6.03 Å². The summed E-state index contributed by atoms with van der Waals surface area (Å²) in [5.74, 6) is 0.878. The summed E-state index contributed by atoms with van der Waals surface area (Å²) in [5, 5.41) is 8.15. The number of unbranched alkanes of at least 4 members (excludes halogenated alkanes) is 1. The molecule has 6 heteroatoms. The van der Waals surface area contributed by atoms with Gasteiger partial charge in [0.15, 0.2) is 0 Å². The van der Waals surface area contributed by atoms with E-state index in [0.29, 0.717) is 26.1 Å². The maximum Gasteiger partial charge on any atom is 0.322 e. The van der Waals surface area contributed by atoms with Crippen molar-refractivity contribution in [2.45, 2.75) is 96.9 Å². The summed E-state index contributed by atoms with van der Waals surface area (Å²) in [5.41, 5.74) is 3.53. The van der Waals surface area contributed by atoms with E-state index in [1.165, 1.54) is 11.1 Å². The quantitative estimate of drug-likeness (QED) is 0.215. The second-order valence-electron chi connectivity index (χ2n) is 12.8. The zero-order valence-electron chi connectivity index (χ0n) is 26.4. The molecule has 1 atom stereocenters. The monoisotopic (exact) mass is 571 g/mol. The minimum atomic E-state index is -0.444. The molecule has 2 N–H and O–H groups in total. The summed E-state index contributed by atoms with van der Waals surface area (Å²) in [6.45, 7) is 15.3. The van der Waals surface area contributed by atoms with Crippen molar-refractivity contribution >= 4 is 28.4 Å². The van der Waals surface area contributed by atoms with Crippen LogP contribution in [0.4, 0.5) is 10.5 Å². The predicted molar refractivity (Wildman–Crippen MR) is 174 cm³/mol. The highest BCUT2D eigenvalue weighted by Gasteiger charge is 2.34. The van der Waals surface area contributed by atoms with Crippen LogP contribution in [-0.2, 0) is 15.6 Å². The van der Waals surface area contributed by atoms with E-state index in [4.69, 9.17) is 4.74 Å². The molecule has 1 aliphatic heterocycles. The predicted octanol–water partition coefficient (Wildman–Crippen LogP) is 8.19. The first-order chi connectivity index (χ1) is 20.1. The Kier molecular flexibility index (Phi) is 10.2. The molecule has 3 aromatic carbocycles. The van der Waals surface area contributed by atoms with Crippen molar-refractivity contribution in [3.8, 4) is 5.75 Å². The van der Waals surface area contributed by atoms with Gasteiger partial charge in [-0.1, -0.05) is 90.1 Å². The van der Waals surface area contributed by atoms with E-state index in [1.54, 1.807) is 4.90 Å². The third-order valence-corrected chi connectivity index (χ3v) is 9.23. The number of ether oxygens (including phenoxy) is 1. The van der Waals surface area contributed by atoms with Gasteiger partial charge in [0.2, 0.25) is 5.91 Å². The third-order valence-electron chi connectivity index (χ3n) is 9.23. The summed E-state index contributed by atoms with van der Waals surface area (Å²) in [7, 11) is 0. The maximum absolute atomic E-state index is 13.2. The molecule has 0 bridgehead atoms. The standard InChI is InChI=1S/C36H49N3O3/c1-7-35(3,4)27-20-21-32(29(25-27)36(5,6)8-2)42-24-12-11-22-37-33(40)31-19-14-23-39(31)34(41)38-30-18-13-16-26-15-9-10-17-28(26)30/h9-10,13,15-18,20-21,25,31H,7-8,11-12,14,19,22-24H2,1-6H3,(H,37,40)(H,38,41). The van der Waals surface area contributed by atoms with Crippen molar-refractivity contribution in [2.24, 2.45) is 0 Å². The zero-order valence-corrected chi connectivity index (χ0v) is 26.4. The van der Waals surface area contributed by atoms with Gasteiger partial charge in [0.1, 0.15) is 11.8 Å². The molecule has 0 spiro atoms. The van der Waals surface area contributed by atoms with Crippen molar-refractivity contribution in [1.29, 1.82) is 0 Å². The van der Waals surface area contributed by atoms with Gasteiger partial charge in [0.25, 0.3) is 0 Å². The van der Waals surface area contributed by atoms with Crippen LogP contribution in [0.2, 0.25) is 0 Å². The van der Waals surface area contributed by atoms with Crippen LogP contribution in [0.5, 0.6) is 5.75 Å². The van der Waals surface area contributed by atoms with Crippen molar-refractivity contribution in [1.82, 2.24) is 10.2 Å². The van der Waals surface area contributed by atoms with Crippen molar-refractivity contribution < 1.29 is 14.3 Å². The highest BCUT2D eigenvalue weighted by Crippen LogP contribution is 2.38. The summed E-state index contributed by atoms with van der Waals surface area (Å²) in [6.07, 6.45) is 5.26. The topological polar surface area (TPSA) is 70.7 Å². The van der Waals surface area contributed by atoms with Gasteiger partial charge in [-0.3, -0.25) is 4.79 Å². The Balaban J connectivity index is 1.27. The number of fused-ring (bicyclic) bond motifs is 1. The molecule has 6 nitrogen and oxygen atoms in total. The average molecular weight is 572 g/mol. The number of carbonyl (C=O) groups is 2. The summed E-state index contributed by atoms with van der Waals surface area (Å²) in [4.78, 5) is 27.9. The summed E-state index contributed by atoms with van der Waals surface area (Å²) in [6, 6.07) is 19.8. The molecule has 0 radical (unpaired) electrons. The van der Waals surface area contributed by atoms with Crippen LogP contribution in [0.25, 0.3) is 10.8 Å². The lowest BCUT2D eigenvalue weighted by Gasteiger charge is -2.30. The molecule has 0 saturated carbocycles. The highest BCUT2D eigenvalue weighted by atomic mass is 16.5. The fourth-order valence-corrected chi connectivity index (χ4v) is 5.54. The van der Waals surface area contributed by atoms with Gasteiger partial charge in [-0.25, -0.2) is 4.79 Å². The minimum Gasteiger partial charge on any atom is -0.493 e.